The molecule has 0 aromatic heterocycles. The average molecular weight is 321 g/mol. The molecule has 1 atom stereocenters. The Bertz CT molecular complexity index is 480. The molecule has 2 rings (SSSR count). The highest BCUT2D eigenvalue weighted by Crippen LogP contribution is 2.23. The lowest BCUT2D eigenvalue weighted by molar-refractivity contribution is -0.147. The molecule has 0 radical (unpaired) electrons. The molecule has 0 bridgehead atoms. The van der Waals surface area contributed by atoms with Crippen molar-refractivity contribution in [3.05, 3.63) is 29.8 Å². The molecule has 0 spiro atoms. The Balaban J connectivity index is 1.74. The molecule has 0 aliphatic carbocycles. The van der Waals surface area contributed by atoms with E-state index in [-0.39, 0.29) is 11.9 Å². The summed E-state index contributed by atoms with van der Waals surface area (Å²) in [4.78, 5) is 13.8. The SMILES string of the molecule is CCOc1ccc(C(O)CCN2CCC(C(=O)OC)CC2)cc1. The van der Waals surface area contributed by atoms with E-state index in [4.69, 9.17) is 9.47 Å². The summed E-state index contributed by atoms with van der Waals surface area (Å²) in [6, 6.07) is 7.62. The summed E-state index contributed by atoms with van der Waals surface area (Å²) in [6.07, 6.45) is 1.90. The van der Waals surface area contributed by atoms with E-state index in [9.17, 15) is 9.90 Å². The minimum Gasteiger partial charge on any atom is -0.494 e. The zero-order chi connectivity index (χ0) is 16.7. The lowest BCUT2D eigenvalue weighted by Gasteiger charge is -2.31. The van der Waals surface area contributed by atoms with Crippen LogP contribution in [-0.4, -0.2) is 49.3 Å². The fraction of sp³-hybridized carbons (Fsp3) is 0.611. The van der Waals surface area contributed by atoms with Crippen LogP contribution in [0.2, 0.25) is 0 Å². The van der Waals surface area contributed by atoms with Gasteiger partial charge in [0.05, 0.1) is 25.7 Å². The lowest BCUT2D eigenvalue weighted by Crippen LogP contribution is -2.37. The first-order valence-corrected chi connectivity index (χ1v) is 8.35. The Morgan fingerprint density at radius 2 is 1.96 bits per heavy atom. The summed E-state index contributed by atoms with van der Waals surface area (Å²) in [5.41, 5.74) is 0.915. The third-order valence-electron chi connectivity index (χ3n) is 4.42. The van der Waals surface area contributed by atoms with Crippen molar-refractivity contribution >= 4 is 5.97 Å². The first-order chi connectivity index (χ1) is 11.1. The van der Waals surface area contributed by atoms with Crippen molar-refractivity contribution in [3.63, 3.8) is 0 Å². The second kappa shape index (κ2) is 8.89. The third kappa shape index (κ3) is 5.22. The summed E-state index contributed by atoms with van der Waals surface area (Å²) in [6.45, 7) is 5.20. The molecule has 128 valence electrons. The van der Waals surface area contributed by atoms with Gasteiger partial charge in [0.2, 0.25) is 0 Å². The van der Waals surface area contributed by atoms with Gasteiger partial charge < -0.3 is 19.5 Å². The van der Waals surface area contributed by atoms with E-state index in [1.807, 2.05) is 31.2 Å². The summed E-state index contributed by atoms with van der Waals surface area (Å²) >= 11 is 0. The lowest BCUT2D eigenvalue weighted by atomic mass is 9.96. The topological polar surface area (TPSA) is 59.0 Å². The fourth-order valence-electron chi connectivity index (χ4n) is 2.98. The first kappa shape index (κ1) is 17.8. The van der Waals surface area contributed by atoms with Crippen molar-refractivity contribution in [3.8, 4) is 5.75 Å². The van der Waals surface area contributed by atoms with Crippen molar-refractivity contribution in [2.75, 3.05) is 33.4 Å². The van der Waals surface area contributed by atoms with Crippen molar-refractivity contribution in [1.29, 1.82) is 0 Å². The monoisotopic (exact) mass is 321 g/mol. The molecule has 1 N–H and O–H groups in total. The molecule has 1 fully saturated rings. The van der Waals surface area contributed by atoms with Crippen LogP contribution in [-0.2, 0) is 9.53 Å². The second-order valence-electron chi connectivity index (χ2n) is 5.95. The van der Waals surface area contributed by atoms with Crippen LogP contribution >= 0.6 is 0 Å². The standard InChI is InChI=1S/C18H27NO4/c1-3-23-16-6-4-14(5-7-16)17(20)10-13-19-11-8-15(9-12-19)18(21)22-2/h4-7,15,17,20H,3,8-13H2,1-2H3. The Kier molecular flexibility index (Phi) is 6.86. The molecule has 1 heterocycles. The minimum absolute atomic E-state index is 0.0345. The van der Waals surface area contributed by atoms with Crippen molar-refractivity contribution in [1.82, 2.24) is 4.90 Å². The van der Waals surface area contributed by atoms with Gasteiger partial charge in [0.15, 0.2) is 0 Å². The van der Waals surface area contributed by atoms with Crippen molar-refractivity contribution < 1.29 is 19.4 Å². The molecule has 1 saturated heterocycles. The number of aliphatic hydroxyl groups excluding tert-OH is 1. The number of carbonyl (C=O) groups is 1. The van der Waals surface area contributed by atoms with Gasteiger partial charge in [0.1, 0.15) is 5.75 Å². The van der Waals surface area contributed by atoms with E-state index >= 15 is 0 Å². The van der Waals surface area contributed by atoms with E-state index < -0.39 is 6.10 Å². The number of ether oxygens (including phenoxy) is 2. The van der Waals surface area contributed by atoms with Gasteiger partial charge >= 0.3 is 5.97 Å². The highest BCUT2D eigenvalue weighted by Gasteiger charge is 2.25. The molecule has 1 aliphatic rings. The highest BCUT2D eigenvalue weighted by molar-refractivity contribution is 5.72. The van der Waals surface area contributed by atoms with Crippen molar-refractivity contribution in [2.45, 2.75) is 32.3 Å². The molecule has 5 heteroatoms. The van der Waals surface area contributed by atoms with Crippen LogP contribution < -0.4 is 4.74 Å². The van der Waals surface area contributed by atoms with E-state index in [2.05, 4.69) is 4.90 Å². The normalized spacial score (nSPS) is 17.7. The van der Waals surface area contributed by atoms with Crippen LogP contribution in [0.15, 0.2) is 24.3 Å². The quantitative estimate of drug-likeness (QED) is 0.782. The van der Waals surface area contributed by atoms with Gasteiger partial charge in [0.25, 0.3) is 0 Å². The van der Waals surface area contributed by atoms with E-state index in [0.717, 1.165) is 43.8 Å². The number of likely N-dealkylation sites (tertiary alicyclic amines) is 1. The number of aliphatic hydroxyl groups is 1. The van der Waals surface area contributed by atoms with Gasteiger partial charge in [0, 0.05) is 6.54 Å². The molecule has 0 amide bonds. The van der Waals surface area contributed by atoms with Gasteiger partial charge in [-0.2, -0.15) is 0 Å². The molecular formula is C18H27NO4. The maximum Gasteiger partial charge on any atom is 0.308 e. The van der Waals surface area contributed by atoms with E-state index in [1.54, 1.807) is 0 Å². The Hall–Kier alpha value is -1.59. The van der Waals surface area contributed by atoms with Crippen LogP contribution in [0.1, 0.15) is 37.9 Å². The van der Waals surface area contributed by atoms with Gasteiger partial charge in [-0.3, -0.25) is 4.79 Å². The molecule has 1 aromatic carbocycles. The van der Waals surface area contributed by atoms with Gasteiger partial charge in [-0.15, -0.1) is 0 Å². The number of hydrogen-bond acceptors (Lipinski definition) is 5. The van der Waals surface area contributed by atoms with Crippen LogP contribution in [0.3, 0.4) is 0 Å². The number of esters is 1. The Labute approximate surface area is 138 Å². The first-order valence-electron chi connectivity index (χ1n) is 8.35. The number of nitrogens with zero attached hydrogens (tertiary/aromatic N) is 1. The van der Waals surface area contributed by atoms with Gasteiger partial charge in [-0.25, -0.2) is 0 Å². The number of hydrogen-bond donors (Lipinski definition) is 1. The molecule has 1 aliphatic heterocycles. The zero-order valence-corrected chi connectivity index (χ0v) is 14.0. The van der Waals surface area contributed by atoms with Gasteiger partial charge in [-0.1, -0.05) is 12.1 Å². The fourth-order valence-corrected chi connectivity index (χ4v) is 2.98. The summed E-state index contributed by atoms with van der Waals surface area (Å²) in [7, 11) is 1.45. The summed E-state index contributed by atoms with van der Waals surface area (Å²) in [5, 5.41) is 10.3. The second-order valence-corrected chi connectivity index (χ2v) is 5.95. The average Bonchev–Trinajstić information content (AvgIpc) is 2.60. The zero-order valence-electron chi connectivity index (χ0n) is 14.0. The van der Waals surface area contributed by atoms with E-state index in [0.29, 0.717) is 13.0 Å². The number of benzene rings is 1. The molecule has 1 unspecified atom stereocenters. The van der Waals surface area contributed by atoms with Crippen LogP contribution in [0.5, 0.6) is 5.75 Å². The molecule has 0 saturated carbocycles. The summed E-state index contributed by atoms with van der Waals surface area (Å²) < 4.78 is 10.2. The van der Waals surface area contributed by atoms with Gasteiger partial charge in [-0.05, 0) is 57.0 Å². The third-order valence-corrected chi connectivity index (χ3v) is 4.42. The molecule has 1 aromatic rings. The minimum atomic E-state index is -0.469. The van der Waals surface area contributed by atoms with E-state index in [1.165, 1.54) is 7.11 Å². The number of carbonyl (C=O) groups excluding carboxylic acids is 1. The number of methoxy groups -OCH3 is 1. The van der Waals surface area contributed by atoms with Crippen molar-refractivity contribution in [2.24, 2.45) is 5.92 Å². The molecular weight excluding hydrogens is 294 g/mol. The number of rotatable bonds is 7. The highest BCUT2D eigenvalue weighted by atomic mass is 16.5. The number of piperidine rings is 1. The summed E-state index contributed by atoms with van der Waals surface area (Å²) in [5.74, 6) is 0.764. The largest absolute Gasteiger partial charge is 0.494 e. The van der Waals surface area contributed by atoms with Crippen LogP contribution in [0, 0.1) is 5.92 Å². The predicted molar refractivity (Wildman–Crippen MR) is 88.4 cm³/mol. The Morgan fingerprint density at radius 1 is 1.30 bits per heavy atom. The molecule has 23 heavy (non-hydrogen) atoms. The molecule has 5 nitrogen and oxygen atoms in total. The van der Waals surface area contributed by atoms with Crippen LogP contribution in [0.4, 0.5) is 0 Å². The predicted octanol–water partition coefficient (Wildman–Crippen LogP) is 2.39. The smallest absolute Gasteiger partial charge is 0.308 e. The van der Waals surface area contributed by atoms with Crippen LogP contribution in [0.25, 0.3) is 0 Å². The maximum atomic E-state index is 11.5. The maximum absolute atomic E-state index is 11.5. The Morgan fingerprint density at radius 3 is 2.52 bits per heavy atom.